The fourth-order valence-corrected chi connectivity index (χ4v) is 8.94. The quantitative estimate of drug-likeness (QED) is 0.167. The molecule has 0 saturated carbocycles. The van der Waals surface area contributed by atoms with Crippen molar-refractivity contribution in [3.05, 3.63) is 188 Å². The molecule has 0 atom stereocenters. The predicted octanol–water partition coefficient (Wildman–Crippen LogP) is 14.3. The van der Waals surface area contributed by atoms with E-state index in [0.717, 1.165) is 11.4 Å². The molecule has 0 saturated heterocycles. The molecule has 10 rings (SSSR count). The van der Waals surface area contributed by atoms with E-state index < -0.39 is 0 Å². The first-order chi connectivity index (χ1) is 24.8. The second-order valence-corrected chi connectivity index (χ2v) is 14.0. The fourth-order valence-electron chi connectivity index (χ4n) is 7.81. The van der Waals surface area contributed by atoms with Crippen LogP contribution in [0.15, 0.2) is 188 Å². The molecule has 0 amide bonds. The van der Waals surface area contributed by atoms with Crippen LogP contribution in [0.3, 0.4) is 0 Å². The Morgan fingerprint density at radius 2 is 0.940 bits per heavy atom. The van der Waals surface area contributed by atoms with Crippen LogP contribution in [0, 0.1) is 0 Å². The standard InChI is InChI=1S/C48H31NS/c1-3-19-36-32(14-1)16-12-25-37(36)33-17-11-18-35(30-33)49(45-27-13-29-47-48(45)42-24-8-10-28-46(42)50-47)44-26-9-7-23-41(44)43-31-34-15-2-4-20-38(34)39-21-5-6-22-40(39)43/h1-31H. The minimum Gasteiger partial charge on any atom is -0.309 e. The van der Waals surface area contributed by atoms with Gasteiger partial charge in [0.15, 0.2) is 0 Å². The van der Waals surface area contributed by atoms with Crippen LogP contribution in [0.4, 0.5) is 17.1 Å². The average molecular weight is 654 g/mol. The molecule has 10 aromatic rings. The van der Waals surface area contributed by atoms with Gasteiger partial charge in [0.05, 0.1) is 11.4 Å². The summed E-state index contributed by atoms with van der Waals surface area (Å²) in [7, 11) is 0. The molecule has 0 spiro atoms. The summed E-state index contributed by atoms with van der Waals surface area (Å²) in [6.45, 7) is 0. The van der Waals surface area contributed by atoms with Crippen LogP contribution in [-0.4, -0.2) is 0 Å². The lowest BCUT2D eigenvalue weighted by atomic mass is 9.92. The Morgan fingerprint density at radius 1 is 0.340 bits per heavy atom. The second-order valence-electron chi connectivity index (χ2n) is 12.9. The third kappa shape index (κ3) is 4.61. The van der Waals surface area contributed by atoms with E-state index >= 15 is 0 Å². The molecule has 9 aromatic carbocycles. The van der Waals surface area contributed by atoms with E-state index in [1.165, 1.54) is 80.4 Å². The van der Waals surface area contributed by atoms with E-state index in [1.54, 1.807) is 0 Å². The molecule has 50 heavy (non-hydrogen) atoms. The number of rotatable bonds is 5. The second kappa shape index (κ2) is 11.7. The maximum Gasteiger partial charge on any atom is 0.0555 e. The summed E-state index contributed by atoms with van der Waals surface area (Å²) in [5, 5.41) is 10.1. The first kappa shape index (κ1) is 28.8. The van der Waals surface area contributed by atoms with Crippen molar-refractivity contribution in [1.82, 2.24) is 0 Å². The molecule has 0 aliphatic rings. The lowest BCUT2D eigenvalue weighted by molar-refractivity contribution is 1.30. The Hall–Kier alpha value is -6.22. The molecule has 0 aliphatic heterocycles. The number of hydrogen-bond acceptors (Lipinski definition) is 2. The van der Waals surface area contributed by atoms with E-state index in [4.69, 9.17) is 0 Å². The third-order valence-corrected chi connectivity index (χ3v) is 11.2. The zero-order valence-electron chi connectivity index (χ0n) is 27.3. The Kier molecular flexibility index (Phi) is 6.75. The van der Waals surface area contributed by atoms with Crippen LogP contribution in [0.25, 0.3) is 74.7 Å². The van der Waals surface area contributed by atoms with Gasteiger partial charge in [-0.1, -0.05) is 146 Å². The zero-order chi connectivity index (χ0) is 33.0. The summed E-state index contributed by atoms with van der Waals surface area (Å²) < 4.78 is 2.58. The van der Waals surface area contributed by atoms with Gasteiger partial charge in [0, 0.05) is 31.4 Å². The number of thiophene rings is 1. The molecule has 0 fully saturated rings. The molecule has 0 unspecified atom stereocenters. The third-order valence-electron chi connectivity index (χ3n) is 10.0. The highest BCUT2D eigenvalue weighted by atomic mass is 32.1. The maximum absolute atomic E-state index is 2.50. The van der Waals surface area contributed by atoms with Crippen LogP contribution in [0.1, 0.15) is 0 Å². The van der Waals surface area contributed by atoms with Gasteiger partial charge in [-0.25, -0.2) is 0 Å². The van der Waals surface area contributed by atoms with Gasteiger partial charge in [-0.05, 0) is 91.5 Å². The summed E-state index contributed by atoms with van der Waals surface area (Å²) in [6.07, 6.45) is 0. The molecule has 234 valence electrons. The van der Waals surface area contributed by atoms with Gasteiger partial charge in [0.25, 0.3) is 0 Å². The normalized spacial score (nSPS) is 11.6. The van der Waals surface area contributed by atoms with Crippen LogP contribution in [0.2, 0.25) is 0 Å². The highest BCUT2D eigenvalue weighted by Gasteiger charge is 2.22. The number of anilines is 3. The van der Waals surface area contributed by atoms with Crippen molar-refractivity contribution in [1.29, 1.82) is 0 Å². The lowest BCUT2D eigenvalue weighted by Gasteiger charge is -2.29. The molecule has 1 heterocycles. The maximum atomic E-state index is 2.50. The van der Waals surface area contributed by atoms with Gasteiger partial charge in [-0.3, -0.25) is 0 Å². The van der Waals surface area contributed by atoms with Crippen molar-refractivity contribution in [3.63, 3.8) is 0 Å². The van der Waals surface area contributed by atoms with Crippen LogP contribution in [0.5, 0.6) is 0 Å². The van der Waals surface area contributed by atoms with Gasteiger partial charge >= 0.3 is 0 Å². The van der Waals surface area contributed by atoms with E-state index in [0.29, 0.717) is 0 Å². The number of benzene rings is 9. The summed E-state index contributed by atoms with van der Waals surface area (Å²) in [5.41, 5.74) is 8.29. The zero-order valence-corrected chi connectivity index (χ0v) is 28.1. The highest BCUT2D eigenvalue weighted by Crippen LogP contribution is 2.49. The molecule has 1 aromatic heterocycles. The molecular formula is C48H31NS. The van der Waals surface area contributed by atoms with Crippen molar-refractivity contribution < 1.29 is 0 Å². The minimum absolute atomic E-state index is 1.12. The number of hydrogen-bond donors (Lipinski definition) is 0. The highest BCUT2D eigenvalue weighted by molar-refractivity contribution is 7.26. The van der Waals surface area contributed by atoms with Gasteiger partial charge in [-0.15, -0.1) is 11.3 Å². The molecule has 0 radical (unpaired) electrons. The predicted molar refractivity (Wildman–Crippen MR) is 217 cm³/mol. The van der Waals surface area contributed by atoms with Crippen LogP contribution < -0.4 is 4.90 Å². The lowest BCUT2D eigenvalue weighted by Crippen LogP contribution is -2.12. The number of para-hydroxylation sites is 1. The van der Waals surface area contributed by atoms with Gasteiger partial charge in [0.2, 0.25) is 0 Å². The average Bonchev–Trinajstić information content (AvgIpc) is 3.57. The molecule has 0 N–H and O–H groups in total. The Morgan fingerprint density at radius 3 is 1.84 bits per heavy atom. The van der Waals surface area contributed by atoms with Gasteiger partial charge < -0.3 is 4.90 Å². The summed E-state index contributed by atoms with van der Waals surface area (Å²) >= 11 is 1.86. The van der Waals surface area contributed by atoms with E-state index in [1.807, 2.05) is 11.3 Å². The van der Waals surface area contributed by atoms with Crippen molar-refractivity contribution >= 4 is 80.9 Å². The van der Waals surface area contributed by atoms with Crippen molar-refractivity contribution in [3.8, 4) is 22.3 Å². The van der Waals surface area contributed by atoms with Crippen molar-refractivity contribution in [2.45, 2.75) is 0 Å². The minimum atomic E-state index is 1.12. The summed E-state index contributed by atoms with van der Waals surface area (Å²) in [5.74, 6) is 0. The van der Waals surface area contributed by atoms with Gasteiger partial charge in [-0.2, -0.15) is 0 Å². The molecular weight excluding hydrogens is 623 g/mol. The topological polar surface area (TPSA) is 3.24 Å². The summed E-state index contributed by atoms with van der Waals surface area (Å²) in [4.78, 5) is 2.50. The Balaban J connectivity index is 1.28. The monoisotopic (exact) mass is 653 g/mol. The van der Waals surface area contributed by atoms with Crippen LogP contribution >= 0.6 is 11.3 Å². The molecule has 2 heteroatoms. The fraction of sp³-hybridized carbons (Fsp3) is 0. The van der Waals surface area contributed by atoms with Crippen LogP contribution in [-0.2, 0) is 0 Å². The van der Waals surface area contributed by atoms with E-state index in [-0.39, 0.29) is 0 Å². The molecule has 0 bridgehead atoms. The smallest absolute Gasteiger partial charge is 0.0555 e. The van der Waals surface area contributed by atoms with E-state index in [2.05, 4.69) is 193 Å². The molecule has 0 aliphatic carbocycles. The first-order valence-electron chi connectivity index (χ1n) is 17.1. The Bertz CT molecular complexity index is 2890. The van der Waals surface area contributed by atoms with Gasteiger partial charge in [0.1, 0.15) is 0 Å². The van der Waals surface area contributed by atoms with Crippen molar-refractivity contribution in [2.75, 3.05) is 4.90 Å². The molecule has 1 nitrogen and oxygen atoms in total. The number of nitrogens with zero attached hydrogens (tertiary/aromatic N) is 1. The number of fused-ring (bicyclic) bond motifs is 7. The SMILES string of the molecule is c1cc(-c2cccc3ccccc23)cc(N(c2ccccc2-c2cc3ccccc3c3ccccc23)c2cccc3sc4ccccc4c23)c1. The first-order valence-corrected chi connectivity index (χ1v) is 17.9. The largest absolute Gasteiger partial charge is 0.309 e. The Labute approximate surface area is 294 Å². The van der Waals surface area contributed by atoms with Crippen molar-refractivity contribution in [2.24, 2.45) is 0 Å². The van der Waals surface area contributed by atoms with E-state index in [9.17, 15) is 0 Å². The summed E-state index contributed by atoms with van der Waals surface area (Å²) in [6, 6.07) is 68.8.